The fraction of sp³-hybridized carbons (Fsp3) is 0.161. The van der Waals surface area contributed by atoms with Gasteiger partial charge in [-0.3, -0.25) is 19.0 Å². The maximum Gasteiger partial charge on any atom is 0.261 e. The largest absolute Gasteiger partial charge is 0.497 e. The molecular weight excluding hydrogens is 608 g/mol. The first-order valence-corrected chi connectivity index (χ1v) is 14.1. The number of hydrogen-bond donors (Lipinski definition) is 0. The number of fused-ring (bicyclic) bond motifs is 3. The van der Waals surface area contributed by atoms with Crippen LogP contribution in [0.1, 0.15) is 37.5 Å². The van der Waals surface area contributed by atoms with Gasteiger partial charge in [0.05, 0.1) is 36.3 Å². The van der Waals surface area contributed by atoms with Crippen molar-refractivity contribution in [2.75, 3.05) is 13.7 Å². The van der Waals surface area contributed by atoms with Crippen molar-refractivity contribution in [3.05, 3.63) is 127 Å². The molecule has 0 bridgehead atoms. The van der Waals surface area contributed by atoms with Crippen LogP contribution in [-0.2, 0) is 19.4 Å². The van der Waals surface area contributed by atoms with Crippen molar-refractivity contribution in [2.24, 2.45) is 0 Å². The number of ether oxygens (including phenoxy) is 1. The lowest BCUT2D eigenvalue weighted by Crippen LogP contribution is -2.41. The van der Waals surface area contributed by atoms with Gasteiger partial charge in [-0.15, -0.1) is 0 Å². The number of hydrogen-bond acceptors (Lipinski definition) is 5. The Morgan fingerprint density at radius 2 is 1.78 bits per heavy atom. The van der Waals surface area contributed by atoms with Gasteiger partial charge in [0.15, 0.2) is 5.78 Å². The molecule has 0 aliphatic carbocycles. The van der Waals surface area contributed by atoms with Crippen LogP contribution >= 0.6 is 27.5 Å². The van der Waals surface area contributed by atoms with E-state index >= 15 is 0 Å². The molecule has 8 nitrogen and oxygen atoms in total. The van der Waals surface area contributed by atoms with E-state index in [4.69, 9.17) is 16.3 Å². The number of nitrogens with zero attached hydrogens (tertiary/aromatic N) is 4. The fourth-order valence-electron chi connectivity index (χ4n) is 5.19. The molecule has 0 saturated carbocycles. The zero-order chi connectivity index (χ0) is 28.7. The summed E-state index contributed by atoms with van der Waals surface area (Å²) < 4.78 is 9.31. The molecule has 1 aliphatic rings. The number of aromatic nitrogens is 3. The molecular formula is C31H24BrClN4O4. The van der Waals surface area contributed by atoms with E-state index in [1.807, 2.05) is 18.2 Å². The van der Waals surface area contributed by atoms with E-state index in [1.165, 1.54) is 0 Å². The van der Waals surface area contributed by atoms with Crippen molar-refractivity contribution in [3.8, 4) is 11.4 Å². The van der Waals surface area contributed by atoms with Crippen LogP contribution in [0, 0.1) is 0 Å². The lowest BCUT2D eigenvalue weighted by atomic mass is 10.0. The molecule has 2 aromatic heterocycles. The molecule has 3 aromatic carbocycles. The number of Topliss-reactive ketones (excluding diaryl/α,β-unsaturated/α-hetero) is 1. The summed E-state index contributed by atoms with van der Waals surface area (Å²) in [4.78, 5) is 42.4. The maximum absolute atomic E-state index is 14.1. The Kier molecular flexibility index (Phi) is 7.23. The van der Waals surface area contributed by atoms with Gasteiger partial charge in [0.1, 0.15) is 11.4 Å². The predicted octanol–water partition coefficient (Wildman–Crippen LogP) is 5.53. The van der Waals surface area contributed by atoms with E-state index in [0.29, 0.717) is 67.5 Å². The number of methoxy groups -OCH3 is 1. The second-order valence-corrected chi connectivity index (χ2v) is 11.0. The second kappa shape index (κ2) is 11.0. The molecule has 0 atom stereocenters. The van der Waals surface area contributed by atoms with Crippen LogP contribution in [0.5, 0.6) is 5.75 Å². The van der Waals surface area contributed by atoms with Crippen molar-refractivity contribution in [1.82, 2.24) is 19.1 Å². The number of carbonyl (C=O) groups is 2. The third-order valence-corrected chi connectivity index (χ3v) is 8.53. The third-order valence-electron chi connectivity index (χ3n) is 7.30. The van der Waals surface area contributed by atoms with Crippen molar-refractivity contribution < 1.29 is 14.3 Å². The smallest absolute Gasteiger partial charge is 0.261 e. The van der Waals surface area contributed by atoms with Gasteiger partial charge in [0.25, 0.3) is 11.5 Å². The average Bonchev–Trinajstić information content (AvgIpc) is 3.42. The number of ketones is 1. The van der Waals surface area contributed by atoms with Crippen LogP contribution < -0.4 is 10.3 Å². The lowest BCUT2D eigenvalue weighted by Gasteiger charge is -2.29. The first-order valence-electron chi connectivity index (χ1n) is 13.0. The second-order valence-electron chi connectivity index (χ2n) is 9.74. The van der Waals surface area contributed by atoms with E-state index in [2.05, 4.69) is 21.0 Å². The van der Waals surface area contributed by atoms with Gasteiger partial charge in [0, 0.05) is 39.7 Å². The number of rotatable bonds is 6. The minimum absolute atomic E-state index is 0.0575. The molecule has 6 rings (SSSR count). The Morgan fingerprint density at radius 1 is 1.02 bits per heavy atom. The quantitative estimate of drug-likeness (QED) is 0.230. The molecule has 41 heavy (non-hydrogen) atoms. The molecule has 3 heterocycles. The summed E-state index contributed by atoms with van der Waals surface area (Å²) in [5, 5.41) is 5.09. The van der Waals surface area contributed by atoms with Crippen molar-refractivity contribution in [1.29, 1.82) is 0 Å². The normalized spacial score (nSPS) is 12.8. The monoisotopic (exact) mass is 630 g/mol. The standard InChI is InChI=1S/C31H24BrClN4O4/c1-41-23-10-8-22(9-11-23)36-29-21(16-28(38)19-5-3-2-4-6-19)17-34-37(29)27-18-35(14-13-24(27)31(36)40)30(39)20-7-12-25(32)26(33)15-20/h2-12,15,17H,13-14,16,18H2,1H3. The Hall–Kier alpha value is -4.21. The van der Waals surface area contributed by atoms with Gasteiger partial charge < -0.3 is 9.64 Å². The van der Waals surface area contributed by atoms with E-state index in [-0.39, 0.29) is 30.2 Å². The molecule has 0 fully saturated rings. The van der Waals surface area contributed by atoms with Crippen LogP contribution in [0.4, 0.5) is 0 Å². The molecule has 1 amide bonds. The first-order chi connectivity index (χ1) is 19.9. The molecule has 206 valence electrons. The minimum Gasteiger partial charge on any atom is -0.497 e. The lowest BCUT2D eigenvalue weighted by molar-refractivity contribution is 0.0729. The van der Waals surface area contributed by atoms with Crippen LogP contribution in [0.25, 0.3) is 11.3 Å². The molecule has 0 N–H and O–H groups in total. The highest BCUT2D eigenvalue weighted by Gasteiger charge is 2.29. The highest BCUT2D eigenvalue weighted by atomic mass is 79.9. The maximum atomic E-state index is 14.1. The van der Waals surface area contributed by atoms with Gasteiger partial charge in [-0.1, -0.05) is 41.9 Å². The Bertz CT molecular complexity index is 1870. The molecule has 0 spiro atoms. The van der Waals surface area contributed by atoms with Crippen molar-refractivity contribution in [2.45, 2.75) is 19.4 Å². The van der Waals surface area contributed by atoms with E-state index < -0.39 is 0 Å². The van der Waals surface area contributed by atoms with Crippen molar-refractivity contribution >= 4 is 44.9 Å². The summed E-state index contributed by atoms with van der Waals surface area (Å²) in [6.45, 7) is 0.550. The Labute approximate surface area is 248 Å². The zero-order valence-electron chi connectivity index (χ0n) is 22.0. The summed E-state index contributed by atoms with van der Waals surface area (Å²) in [5.74, 6) is 0.381. The van der Waals surface area contributed by atoms with Crippen LogP contribution in [0.3, 0.4) is 0 Å². The van der Waals surface area contributed by atoms with Gasteiger partial charge in [-0.05, 0) is 64.8 Å². The number of amides is 1. The fourth-order valence-corrected chi connectivity index (χ4v) is 5.62. The molecule has 0 saturated heterocycles. The van der Waals surface area contributed by atoms with Gasteiger partial charge in [0.2, 0.25) is 0 Å². The average molecular weight is 632 g/mol. The Morgan fingerprint density at radius 3 is 2.49 bits per heavy atom. The molecule has 0 radical (unpaired) electrons. The topological polar surface area (TPSA) is 85.9 Å². The van der Waals surface area contributed by atoms with Gasteiger partial charge in [-0.2, -0.15) is 5.10 Å². The van der Waals surface area contributed by atoms with Crippen LogP contribution in [-0.4, -0.2) is 44.4 Å². The van der Waals surface area contributed by atoms with E-state index in [9.17, 15) is 14.4 Å². The van der Waals surface area contributed by atoms with E-state index in [1.54, 1.807) is 81.9 Å². The molecule has 1 aliphatic heterocycles. The summed E-state index contributed by atoms with van der Waals surface area (Å²) >= 11 is 9.61. The van der Waals surface area contributed by atoms with Gasteiger partial charge in [-0.25, -0.2) is 4.52 Å². The molecule has 10 heteroatoms. The van der Waals surface area contributed by atoms with Crippen LogP contribution in [0.15, 0.2) is 88.3 Å². The SMILES string of the molecule is COc1ccc(-n2c(=O)c3c(n4ncc(CC(=O)c5ccccc5)c24)CN(C(=O)c2ccc(Br)c(Cl)c2)CC3)cc1. The molecule has 0 unspecified atom stereocenters. The Balaban J connectivity index is 1.47. The summed E-state index contributed by atoms with van der Waals surface area (Å²) in [7, 11) is 1.58. The van der Waals surface area contributed by atoms with Crippen LogP contribution in [0.2, 0.25) is 5.02 Å². The zero-order valence-corrected chi connectivity index (χ0v) is 24.4. The highest BCUT2D eigenvalue weighted by Crippen LogP contribution is 2.27. The summed E-state index contributed by atoms with van der Waals surface area (Å²) in [6.07, 6.45) is 2.04. The predicted molar refractivity (Wildman–Crippen MR) is 159 cm³/mol. The number of carbonyl (C=O) groups excluding carboxylic acids is 2. The molecule has 5 aromatic rings. The van der Waals surface area contributed by atoms with E-state index in [0.717, 1.165) is 0 Å². The van der Waals surface area contributed by atoms with Crippen molar-refractivity contribution in [3.63, 3.8) is 0 Å². The summed E-state index contributed by atoms with van der Waals surface area (Å²) in [6, 6.07) is 21.3. The highest BCUT2D eigenvalue weighted by molar-refractivity contribution is 9.10. The number of benzene rings is 3. The third kappa shape index (κ3) is 4.96. The minimum atomic E-state index is -0.203. The summed E-state index contributed by atoms with van der Waals surface area (Å²) in [5.41, 5.74) is 3.76. The number of halogens is 2. The van der Waals surface area contributed by atoms with Gasteiger partial charge >= 0.3 is 0 Å². The first kappa shape index (κ1) is 27.0.